The lowest BCUT2D eigenvalue weighted by atomic mass is 10.1. The molecule has 0 spiro atoms. The molecule has 1 fully saturated rings. The van der Waals surface area contributed by atoms with Crippen LogP contribution in [0.1, 0.15) is 23.3 Å². The Balaban J connectivity index is 1.94. The summed E-state index contributed by atoms with van der Waals surface area (Å²) in [5.74, 6) is -0.186. The minimum Gasteiger partial charge on any atom is -0.347 e. The SMILES string of the molecule is CN1CCCC(NC(=O)c2cnc(Cl)cn2)C1. The van der Waals surface area contributed by atoms with Crippen LogP contribution in [0.4, 0.5) is 0 Å². The van der Waals surface area contributed by atoms with Crippen molar-refractivity contribution < 1.29 is 4.79 Å². The van der Waals surface area contributed by atoms with E-state index in [4.69, 9.17) is 11.6 Å². The smallest absolute Gasteiger partial charge is 0.271 e. The van der Waals surface area contributed by atoms with Crippen molar-refractivity contribution in [1.82, 2.24) is 20.2 Å². The molecule has 17 heavy (non-hydrogen) atoms. The van der Waals surface area contributed by atoms with Crippen LogP contribution < -0.4 is 5.32 Å². The number of carbonyl (C=O) groups is 1. The van der Waals surface area contributed by atoms with Crippen molar-refractivity contribution in [2.75, 3.05) is 20.1 Å². The van der Waals surface area contributed by atoms with Gasteiger partial charge >= 0.3 is 0 Å². The van der Waals surface area contributed by atoms with Gasteiger partial charge in [0.15, 0.2) is 0 Å². The molecule has 6 heteroatoms. The van der Waals surface area contributed by atoms with Gasteiger partial charge in [-0.3, -0.25) is 4.79 Å². The van der Waals surface area contributed by atoms with Crippen molar-refractivity contribution in [3.63, 3.8) is 0 Å². The van der Waals surface area contributed by atoms with Crippen molar-refractivity contribution in [3.05, 3.63) is 23.2 Å². The van der Waals surface area contributed by atoms with Crippen LogP contribution in [0.2, 0.25) is 5.15 Å². The zero-order valence-electron chi connectivity index (χ0n) is 9.69. The molecule has 1 N–H and O–H groups in total. The molecule has 5 nitrogen and oxygen atoms in total. The summed E-state index contributed by atoms with van der Waals surface area (Å²) in [7, 11) is 2.06. The van der Waals surface area contributed by atoms with Crippen LogP contribution in [-0.2, 0) is 0 Å². The normalized spacial score (nSPS) is 21.2. The molecule has 0 aromatic carbocycles. The van der Waals surface area contributed by atoms with E-state index in [9.17, 15) is 4.79 Å². The number of rotatable bonds is 2. The molecule has 1 atom stereocenters. The number of likely N-dealkylation sites (N-methyl/N-ethyl adjacent to an activating group) is 1. The number of halogens is 1. The molecule has 2 rings (SSSR count). The molecular weight excluding hydrogens is 240 g/mol. The highest BCUT2D eigenvalue weighted by Gasteiger charge is 2.20. The van der Waals surface area contributed by atoms with Crippen molar-refractivity contribution in [2.24, 2.45) is 0 Å². The second kappa shape index (κ2) is 5.42. The number of piperidine rings is 1. The quantitative estimate of drug-likeness (QED) is 0.854. The van der Waals surface area contributed by atoms with Gasteiger partial charge in [-0.1, -0.05) is 11.6 Å². The minimum atomic E-state index is -0.186. The third-order valence-electron chi connectivity index (χ3n) is 2.81. The largest absolute Gasteiger partial charge is 0.347 e. The summed E-state index contributed by atoms with van der Waals surface area (Å²) in [6.45, 7) is 1.97. The Morgan fingerprint density at radius 3 is 3.00 bits per heavy atom. The maximum absolute atomic E-state index is 11.9. The molecule has 1 aliphatic rings. The van der Waals surface area contributed by atoms with E-state index < -0.39 is 0 Å². The molecular formula is C11H15ClN4O. The van der Waals surface area contributed by atoms with Crippen LogP contribution in [0.5, 0.6) is 0 Å². The van der Waals surface area contributed by atoms with E-state index in [-0.39, 0.29) is 11.9 Å². The number of nitrogens with zero attached hydrogens (tertiary/aromatic N) is 3. The fraction of sp³-hybridized carbons (Fsp3) is 0.545. The van der Waals surface area contributed by atoms with Gasteiger partial charge in [-0.15, -0.1) is 0 Å². The Hall–Kier alpha value is -1.20. The molecule has 1 saturated heterocycles. The number of carbonyl (C=O) groups excluding carboxylic acids is 1. The number of hydrogen-bond donors (Lipinski definition) is 1. The van der Waals surface area contributed by atoms with Crippen LogP contribution in [-0.4, -0.2) is 47.0 Å². The molecule has 0 aliphatic carbocycles. The molecule has 1 amide bonds. The first-order valence-electron chi connectivity index (χ1n) is 5.62. The fourth-order valence-corrected chi connectivity index (χ4v) is 2.07. The summed E-state index contributed by atoms with van der Waals surface area (Å²) in [5.41, 5.74) is 0.308. The average Bonchev–Trinajstić information content (AvgIpc) is 2.29. The summed E-state index contributed by atoms with van der Waals surface area (Å²) in [6, 6.07) is 0.193. The Labute approximate surface area is 105 Å². The van der Waals surface area contributed by atoms with Crippen LogP contribution >= 0.6 is 11.6 Å². The Bertz CT molecular complexity index is 395. The first-order chi connectivity index (χ1) is 8.15. The van der Waals surface area contributed by atoms with Crippen LogP contribution in [0, 0.1) is 0 Å². The molecule has 1 aromatic heterocycles. The number of hydrogen-bond acceptors (Lipinski definition) is 4. The van der Waals surface area contributed by atoms with Crippen LogP contribution in [0.15, 0.2) is 12.4 Å². The van der Waals surface area contributed by atoms with Gasteiger partial charge < -0.3 is 10.2 Å². The third kappa shape index (κ3) is 3.38. The first kappa shape index (κ1) is 12.3. The molecule has 2 heterocycles. The predicted molar refractivity (Wildman–Crippen MR) is 65.0 cm³/mol. The summed E-state index contributed by atoms with van der Waals surface area (Å²) in [4.78, 5) is 21.8. The van der Waals surface area contributed by atoms with Crippen LogP contribution in [0.25, 0.3) is 0 Å². The first-order valence-corrected chi connectivity index (χ1v) is 6.00. The maximum Gasteiger partial charge on any atom is 0.271 e. The molecule has 1 unspecified atom stereocenters. The Morgan fingerprint density at radius 2 is 2.35 bits per heavy atom. The third-order valence-corrected chi connectivity index (χ3v) is 3.01. The van der Waals surface area contributed by atoms with E-state index >= 15 is 0 Å². The van der Waals surface area contributed by atoms with Crippen molar-refractivity contribution in [1.29, 1.82) is 0 Å². The lowest BCUT2D eigenvalue weighted by Crippen LogP contribution is -2.46. The Kier molecular flexibility index (Phi) is 3.91. The summed E-state index contributed by atoms with van der Waals surface area (Å²) >= 11 is 5.62. The number of nitrogens with one attached hydrogen (secondary N) is 1. The predicted octanol–water partition coefficient (Wildman–Crippen LogP) is 0.954. The van der Waals surface area contributed by atoms with E-state index in [1.807, 2.05) is 0 Å². The monoisotopic (exact) mass is 254 g/mol. The van der Waals surface area contributed by atoms with Gasteiger partial charge in [0.2, 0.25) is 0 Å². The minimum absolute atomic E-state index is 0.186. The fourth-order valence-electron chi connectivity index (χ4n) is 1.97. The number of likely N-dealkylation sites (tertiary alicyclic amines) is 1. The van der Waals surface area contributed by atoms with Gasteiger partial charge in [0, 0.05) is 12.6 Å². The van der Waals surface area contributed by atoms with Gasteiger partial charge in [0.25, 0.3) is 5.91 Å². The molecule has 92 valence electrons. The summed E-state index contributed by atoms with van der Waals surface area (Å²) < 4.78 is 0. The molecule has 1 aliphatic heterocycles. The lowest BCUT2D eigenvalue weighted by Gasteiger charge is -2.30. The van der Waals surface area contributed by atoms with Gasteiger partial charge in [-0.25, -0.2) is 9.97 Å². The van der Waals surface area contributed by atoms with Gasteiger partial charge in [-0.05, 0) is 26.4 Å². The standard InChI is InChI=1S/C11H15ClN4O/c1-16-4-2-3-8(7-16)15-11(17)9-5-14-10(12)6-13-9/h5-6,8H,2-4,7H2,1H3,(H,15,17). The van der Waals surface area contributed by atoms with Crippen molar-refractivity contribution in [3.8, 4) is 0 Å². The molecule has 0 bridgehead atoms. The second-order valence-corrected chi connectivity index (χ2v) is 4.69. The summed E-state index contributed by atoms with van der Waals surface area (Å²) in [5, 5.41) is 3.25. The van der Waals surface area contributed by atoms with Gasteiger partial charge in [0.1, 0.15) is 10.8 Å². The summed E-state index contributed by atoms with van der Waals surface area (Å²) in [6.07, 6.45) is 4.89. The lowest BCUT2D eigenvalue weighted by molar-refractivity contribution is 0.0907. The van der Waals surface area contributed by atoms with E-state index in [1.54, 1.807) is 0 Å². The van der Waals surface area contributed by atoms with Crippen LogP contribution in [0.3, 0.4) is 0 Å². The van der Waals surface area contributed by atoms with E-state index in [1.165, 1.54) is 12.4 Å². The van der Waals surface area contributed by atoms with E-state index in [0.29, 0.717) is 10.8 Å². The highest BCUT2D eigenvalue weighted by Crippen LogP contribution is 2.09. The Morgan fingerprint density at radius 1 is 1.53 bits per heavy atom. The zero-order valence-corrected chi connectivity index (χ0v) is 10.4. The topological polar surface area (TPSA) is 58.1 Å². The number of aromatic nitrogens is 2. The zero-order chi connectivity index (χ0) is 12.3. The average molecular weight is 255 g/mol. The van der Waals surface area contributed by atoms with Gasteiger partial charge in [0.05, 0.1) is 12.4 Å². The van der Waals surface area contributed by atoms with Crippen molar-refractivity contribution >= 4 is 17.5 Å². The molecule has 1 aromatic rings. The maximum atomic E-state index is 11.9. The molecule has 0 radical (unpaired) electrons. The number of amides is 1. The highest BCUT2D eigenvalue weighted by molar-refractivity contribution is 6.29. The molecule has 0 saturated carbocycles. The van der Waals surface area contributed by atoms with E-state index in [2.05, 4.69) is 27.2 Å². The van der Waals surface area contributed by atoms with Crippen molar-refractivity contribution in [2.45, 2.75) is 18.9 Å². The second-order valence-electron chi connectivity index (χ2n) is 4.30. The van der Waals surface area contributed by atoms with Gasteiger partial charge in [-0.2, -0.15) is 0 Å². The van der Waals surface area contributed by atoms with E-state index in [0.717, 1.165) is 25.9 Å². The highest BCUT2D eigenvalue weighted by atomic mass is 35.5.